The molecule has 1 aromatic rings. The van der Waals surface area contributed by atoms with Crippen molar-refractivity contribution < 1.29 is 28.3 Å². The van der Waals surface area contributed by atoms with Crippen LogP contribution < -0.4 is 4.52 Å². The number of hydrogen-bond acceptors (Lipinski definition) is 6. The van der Waals surface area contributed by atoms with E-state index in [0.29, 0.717) is 5.75 Å². The monoisotopic (exact) mass is 274 g/mol. The van der Waals surface area contributed by atoms with E-state index in [4.69, 9.17) is 14.2 Å². The lowest BCUT2D eigenvalue weighted by Crippen LogP contribution is -2.10. The van der Waals surface area contributed by atoms with Crippen LogP contribution in [0.25, 0.3) is 0 Å². The first-order chi connectivity index (χ1) is 8.72. The fourth-order valence-corrected chi connectivity index (χ4v) is 1.72. The average Bonchev–Trinajstić information content (AvgIpc) is 2.37. The molecule has 0 aliphatic rings. The Hall–Kier alpha value is -1.36. The van der Waals surface area contributed by atoms with Gasteiger partial charge in [-0.15, -0.1) is 0 Å². The normalized spacial score (nSPS) is 11.8. The maximum Gasteiger partial charge on any atom is 0.367 e. The van der Waals surface area contributed by atoms with E-state index in [0.717, 1.165) is 0 Å². The van der Waals surface area contributed by atoms with Gasteiger partial charge < -0.3 is 18.9 Å². The number of rotatable bonds is 8. The molecule has 1 N–H and O–H groups in total. The standard InChI is InChI=1S/C11H15O6P/c12-7-9-15-11(13)6-8-16-18(14)17-10-4-2-1-3-5-10/h1-5,12,18H,6-9H2. The van der Waals surface area contributed by atoms with Gasteiger partial charge >= 0.3 is 14.2 Å². The van der Waals surface area contributed by atoms with Gasteiger partial charge in [-0.3, -0.25) is 4.79 Å². The SMILES string of the molecule is O=C(CCO[PH](=O)Oc1ccccc1)OCCO. The summed E-state index contributed by atoms with van der Waals surface area (Å²) in [5.74, 6) is -0.0668. The van der Waals surface area contributed by atoms with Gasteiger partial charge in [0.25, 0.3) is 0 Å². The summed E-state index contributed by atoms with van der Waals surface area (Å²) in [5, 5.41) is 8.42. The number of aliphatic hydroxyl groups excluding tert-OH is 1. The Bertz CT molecular complexity index is 380. The lowest BCUT2D eigenvalue weighted by molar-refractivity contribution is -0.145. The third kappa shape index (κ3) is 6.39. The Balaban J connectivity index is 2.16. The molecule has 100 valence electrons. The molecule has 0 saturated carbocycles. The Labute approximate surface area is 105 Å². The molecule has 1 atom stereocenters. The van der Waals surface area contributed by atoms with Gasteiger partial charge in [0.2, 0.25) is 0 Å². The van der Waals surface area contributed by atoms with Crippen LogP contribution in [0.4, 0.5) is 0 Å². The molecule has 6 nitrogen and oxygen atoms in total. The van der Waals surface area contributed by atoms with E-state index in [9.17, 15) is 9.36 Å². The third-order valence-electron chi connectivity index (χ3n) is 1.82. The van der Waals surface area contributed by atoms with Crippen molar-refractivity contribution in [2.24, 2.45) is 0 Å². The smallest absolute Gasteiger partial charge is 0.367 e. The van der Waals surface area contributed by atoms with E-state index in [2.05, 4.69) is 4.74 Å². The molecule has 1 unspecified atom stereocenters. The van der Waals surface area contributed by atoms with Crippen LogP contribution in [0.15, 0.2) is 30.3 Å². The topological polar surface area (TPSA) is 82.1 Å². The number of esters is 1. The summed E-state index contributed by atoms with van der Waals surface area (Å²) in [6.07, 6.45) is -0.0332. The molecule has 0 saturated heterocycles. The van der Waals surface area contributed by atoms with Crippen LogP contribution in [0.1, 0.15) is 6.42 Å². The molecule has 0 aliphatic heterocycles. The maximum absolute atomic E-state index is 11.4. The highest BCUT2D eigenvalue weighted by Gasteiger charge is 2.06. The van der Waals surface area contributed by atoms with Crippen LogP contribution in [0.5, 0.6) is 5.75 Å². The van der Waals surface area contributed by atoms with Gasteiger partial charge in [-0.25, -0.2) is 4.57 Å². The summed E-state index contributed by atoms with van der Waals surface area (Å²) in [7, 11) is -2.66. The molecule has 0 fully saturated rings. The van der Waals surface area contributed by atoms with Crippen molar-refractivity contribution in [1.29, 1.82) is 0 Å². The largest absolute Gasteiger partial charge is 0.463 e. The quantitative estimate of drug-likeness (QED) is 0.570. The molecule has 0 radical (unpaired) electrons. The van der Waals surface area contributed by atoms with Gasteiger partial charge in [-0.1, -0.05) is 18.2 Å². The first kappa shape index (κ1) is 14.7. The first-order valence-electron chi connectivity index (χ1n) is 5.38. The van der Waals surface area contributed by atoms with E-state index < -0.39 is 14.2 Å². The maximum atomic E-state index is 11.4. The van der Waals surface area contributed by atoms with Crippen LogP contribution in [-0.2, 0) is 18.6 Å². The van der Waals surface area contributed by atoms with Gasteiger partial charge in [-0.2, -0.15) is 0 Å². The van der Waals surface area contributed by atoms with E-state index >= 15 is 0 Å². The third-order valence-corrected chi connectivity index (χ3v) is 2.67. The van der Waals surface area contributed by atoms with E-state index in [-0.39, 0.29) is 26.2 Å². The summed E-state index contributed by atoms with van der Waals surface area (Å²) < 4.78 is 25.8. The highest BCUT2D eigenvalue weighted by atomic mass is 31.1. The molecular weight excluding hydrogens is 259 g/mol. The summed E-state index contributed by atoms with van der Waals surface area (Å²) in [6, 6.07) is 8.61. The van der Waals surface area contributed by atoms with Crippen LogP contribution >= 0.6 is 8.25 Å². The predicted octanol–water partition coefficient (Wildman–Crippen LogP) is 1.40. The van der Waals surface area contributed by atoms with E-state index in [1.807, 2.05) is 6.07 Å². The molecule has 0 heterocycles. The van der Waals surface area contributed by atoms with Gasteiger partial charge in [0.05, 0.1) is 19.6 Å². The number of benzene rings is 1. The Kier molecular flexibility index (Phi) is 7.10. The first-order valence-corrected chi connectivity index (χ1v) is 6.61. The van der Waals surface area contributed by atoms with Crippen molar-refractivity contribution in [2.75, 3.05) is 19.8 Å². The van der Waals surface area contributed by atoms with Gasteiger partial charge in [0.15, 0.2) is 0 Å². The molecule has 0 spiro atoms. The number of carbonyl (C=O) groups is 1. The number of carbonyl (C=O) groups excluding carboxylic acids is 1. The zero-order valence-corrected chi connectivity index (χ0v) is 10.7. The minimum atomic E-state index is -2.66. The van der Waals surface area contributed by atoms with Crippen LogP contribution in [0, 0.1) is 0 Å². The molecule has 0 aliphatic carbocycles. The molecule has 0 amide bonds. The van der Waals surface area contributed by atoms with E-state index in [1.165, 1.54) is 0 Å². The zero-order chi connectivity index (χ0) is 13.2. The lowest BCUT2D eigenvalue weighted by Gasteiger charge is -2.06. The number of para-hydroxylation sites is 1. The number of aliphatic hydroxyl groups is 1. The van der Waals surface area contributed by atoms with Crippen LogP contribution in [-0.4, -0.2) is 30.9 Å². The highest BCUT2D eigenvalue weighted by molar-refractivity contribution is 7.33. The number of ether oxygens (including phenoxy) is 1. The summed E-state index contributed by atoms with van der Waals surface area (Å²) in [6.45, 7) is -0.316. The Morgan fingerprint density at radius 3 is 2.61 bits per heavy atom. The van der Waals surface area contributed by atoms with Gasteiger partial charge in [0, 0.05) is 0 Å². The fraction of sp³-hybridized carbons (Fsp3) is 0.364. The van der Waals surface area contributed by atoms with Crippen molar-refractivity contribution in [2.45, 2.75) is 6.42 Å². The second kappa shape index (κ2) is 8.69. The molecule has 0 bridgehead atoms. The van der Waals surface area contributed by atoms with Crippen molar-refractivity contribution in [1.82, 2.24) is 0 Å². The molecule has 0 aromatic heterocycles. The summed E-state index contributed by atoms with van der Waals surface area (Å²) in [4.78, 5) is 11.0. The average molecular weight is 274 g/mol. The zero-order valence-electron chi connectivity index (χ0n) is 9.70. The predicted molar refractivity (Wildman–Crippen MR) is 64.7 cm³/mol. The Morgan fingerprint density at radius 1 is 1.22 bits per heavy atom. The summed E-state index contributed by atoms with van der Waals surface area (Å²) >= 11 is 0. The Morgan fingerprint density at radius 2 is 1.94 bits per heavy atom. The minimum absolute atomic E-state index is 0.0332. The van der Waals surface area contributed by atoms with Gasteiger partial charge in [-0.05, 0) is 12.1 Å². The van der Waals surface area contributed by atoms with Crippen LogP contribution in [0.3, 0.4) is 0 Å². The van der Waals surface area contributed by atoms with Crippen molar-refractivity contribution in [3.05, 3.63) is 30.3 Å². The van der Waals surface area contributed by atoms with Gasteiger partial charge in [0.1, 0.15) is 12.4 Å². The van der Waals surface area contributed by atoms with Crippen molar-refractivity contribution in [3.63, 3.8) is 0 Å². The van der Waals surface area contributed by atoms with Crippen molar-refractivity contribution >= 4 is 14.2 Å². The van der Waals surface area contributed by atoms with Crippen LogP contribution in [0.2, 0.25) is 0 Å². The molecule has 1 aromatic carbocycles. The molecular formula is C11H15O6P. The molecule has 1 rings (SSSR count). The fourth-order valence-electron chi connectivity index (χ4n) is 1.06. The van der Waals surface area contributed by atoms with E-state index in [1.54, 1.807) is 24.3 Å². The lowest BCUT2D eigenvalue weighted by atomic mass is 10.3. The number of hydrogen-bond donors (Lipinski definition) is 1. The van der Waals surface area contributed by atoms with Crippen molar-refractivity contribution in [3.8, 4) is 5.75 Å². The molecule has 7 heteroatoms. The second-order valence-electron chi connectivity index (χ2n) is 3.21. The minimum Gasteiger partial charge on any atom is -0.463 e. The summed E-state index contributed by atoms with van der Waals surface area (Å²) in [5.41, 5.74) is 0. The second-order valence-corrected chi connectivity index (χ2v) is 4.20. The highest BCUT2D eigenvalue weighted by Crippen LogP contribution is 2.27. The molecule has 18 heavy (non-hydrogen) atoms.